The number of hydrogen-bond acceptors (Lipinski definition) is 5. The lowest BCUT2D eigenvalue weighted by Crippen LogP contribution is -2.30. The molecule has 2 heterocycles. The third-order valence-corrected chi connectivity index (χ3v) is 4.79. The van der Waals surface area contributed by atoms with Gasteiger partial charge in [0.1, 0.15) is 0 Å². The molecular weight excluding hydrogens is 385 g/mol. The summed E-state index contributed by atoms with van der Waals surface area (Å²) in [6, 6.07) is 6.72. The van der Waals surface area contributed by atoms with Crippen molar-refractivity contribution in [3.63, 3.8) is 0 Å². The van der Waals surface area contributed by atoms with Crippen LogP contribution in [0, 0.1) is 13.8 Å². The van der Waals surface area contributed by atoms with Gasteiger partial charge < -0.3 is 10.2 Å². The van der Waals surface area contributed by atoms with Gasteiger partial charge in [-0.25, -0.2) is 0 Å². The fourth-order valence-electron chi connectivity index (χ4n) is 2.95. The number of aryl methyl sites for hydroxylation is 1. The van der Waals surface area contributed by atoms with E-state index in [0.29, 0.717) is 40.0 Å². The van der Waals surface area contributed by atoms with Crippen LogP contribution in [0.1, 0.15) is 41.2 Å². The molecular formula is C19H21F3N6O. The van der Waals surface area contributed by atoms with Gasteiger partial charge in [-0.3, -0.25) is 4.79 Å². The van der Waals surface area contributed by atoms with Crippen LogP contribution in [0.25, 0.3) is 5.65 Å². The summed E-state index contributed by atoms with van der Waals surface area (Å²) < 4.78 is 40.2. The predicted octanol–water partition coefficient (Wildman–Crippen LogP) is 3.99. The molecule has 1 amide bonds. The van der Waals surface area contributed by atoms with Gasteiger partial charge in [-0.05, 0) is 52.0 Å². The average molecular weight is 406 g/mol. The molecule has 10 heteroatoms. The fourth-order valence-corrected chi connectivity index (χ4v) is 2.95. The van der Waals surface area contributed by atoms with Crippen molar-refractivity contribution in [3.8, 4) is 0 Å². The Morgan fingerprint density at radius 2 is 1.69 bits per heavy atom. The highest BCUT2D eigenvalue weighted by Gasteiger charge is 2.38. The molecule has 0 bridgehead atoms. The van der Waals surface area contributed by atoms with E-state index in [1.54, 1.807) is 43.0 Å². The summed E-state index contributed by atoms with van der Waals surface area (Å²) in [5, 5.41) is 13.9. The third-order valence-electron chi connectivity index (χ3n) is 4.79. The van der Waals surface area contributed by atoms with Gasteiger partial charge in [-0.15, -0.1) is 15.3 Å². The minimum Gasteiger partial charge on any atom is -0.339 e. The van der Waals surface area contributed by atoms with E-state index in [9.17, 15) is 18.0 Å². The number of carbonyl (C=O) groups excluding carboxylic acids is 1. The molecule has 7 nitrogen and oxygen atoms in total. The van der Waals surface area contributed by atoms with Crippen molar-refractivity contribution >= 4 is 23.1 Å². The van der Waals surface area contributed by atoms with Crippen LogP contribution >= 0.6 is 0 Å². The van der Waals surface area contributed by atoms with Crippen molar-refractivity contribution in [3.05, 3.63) is 46.8 Å². The standard InChI is InChI=1S/C19H21F3N6O/c1-5-27(6-2)17(29)13-7-9-14(10-8-13)23-15-11(3)12(4)16-24-25-18(19(20,21)22)28(16)26-15/h7-10H,5-6H2,1-4H3,(H,23,26). The zero-order chi connectivity index (χ0) is 21.3. The summed E-state index contributed by atoms with van der Waals surface area (Å²) in [5.41, 5.74) is 2.38. The Hall–Kier alpha value is -3.17. The highest BCUT2D eigenvalue weighted by atomic mass is 19.4. The highest BCUT2D eigenvalue weighted by molar-refractivity contribution is 5.94. The minimum atomic E-state index is -4.67. The molecule has 154 valence electrons. The van der Waals surface area contributed by atoms with Crippen molar-refractivity contribution in [2.24, 2.45) is 0 Å². The molecule has 0 aliphatic heterocycles. The molecule has 0 atom stereocenters. The first-order valence-electron chi connectivity index (χ1n) is 9.13. The molecule has 1 aromatic carbocycles. The lowest BCUT2D eigenvalue weighted by Gasteiger charge is -2.18. The molecule has 0 aliphatic rings. The number of carbonyl (C=O) groups is 1. The largest absolute Gasteiger partial charge is 0.453 e. The number of hydrogen-bond donors (Lipinski definition) is 1. The minimum absolute atomic E-state index is 0.0561. The zero-order valence-electron chi connectivity index (χ0n) is 16.5. The summed E-state index contributed by atoms with van der Waals surface area (Å²) in [6.45, 7) is 8.44. The van der Waals surface area contributed by atoms with Gasteiger partial charge in [-0.2, -0.15) is 17.7 Å². The van der Waals surface area contributed by atoms with Crippen molar-refractivity contribution in [1.82, 2.24) is 24.7 Å². The number of rotatable bonds is 5. The Balaban J connectivity index is 1.94. The lowest BCUT2D eigenvalue weighted by atomic mass is 10.1. The summed E-state index contributed by atoms with van der Waals surface area (Å²) >= 11 is 0. The molecule has 0 spiro atoms. The molecule has 0 saturated heterocycles. The number of amides is 1. The van der Waals surface area contributed by atoms with E-state index >= 15 is 0 Å². The number of benzene rings is 1. The van der Waals surface area contributed by atoms with Crippen LogP contribution < -0.4 is 5.32 Å². The first-order valence-corrected chi connectivity index (χ1v) is 9.13. The van der Waals surface area contributed by atoms with E-state index in [-0.39, 0.29) is 17.4 Å². The third kappa shape index (κ3) is 3.87. The molecule has 2 aromatic heterocycles. The second-order valence-electron chi connectivity index (χ2n) is 6.54. The average Bonchev–Trinajstić information content (AvgIpc) is 3.11. The molecule has 0 saturated carbocycles. The maximum Gasteiger partial charge on any atom is 0.453 e. The van der Waals surface area contributed by atoms with Gasteiger partial charge in [0.15, 0.2) is 11.5 Å². The number of aromatic nitrogens is 4. The van der Waals surface area contributed by atoms with E-state index in [4.69, 9.17) is 0 Å². The monoisotopic (exact) mass is 406 g/mol. The first kappa shape index (κ1) is 20.6. The van der Waals surface area contributed by atoms with Crippen LogP contribution in [0.4, 0.5) is 24.7 Å². The van der Waals surface area contributed by atoms with Gasteiger partial charge in [0.05, 0.1) is 0 Å². The number of anilines is 2. The van der Waals surface area contributed by atoms with Crippen LogP contribution in [0.15, 0.2) is 24.3 Å². The number of nitrogens with zero attached hydrogens (tertiary/aromatic N) is 5. The van der Waals surface area contributed by atoms with Crippen LogP contribution in [-0.4, -0.2) is 43.7 Å². The van der Waals surface area contributed by atoms with Gasteiger partial charge >= 0.3 is 6.18 Å². The van der Waals surface area contributed by atoms with Gasteiger partial charge in [0.25, 0.3) is 11.7 Å². The van der Waals surface area contributed by atoms with Crippen LogP contribution in [0.2, 0.25) is 0 Å². The van der Waals surface area contributed by atoms with Crippen molar-refractivity contribution < 1.29 is 18.0 Å². The summed E-state index contributed by atoms with van der Waals surface area (Å²) in [6.07, 6.45) is -4.67. The summed E-state index contributed by atoms with van der Waals surface area (Å²) in [7, 11) is 0. The smallest absolute Gasteiger partial charge is 0.339 e. The Kier molecular flexibility index (Phi) is 5.45. The second kappa shape index (κ2) is 7.69. The van der Waals surface area contributed by atoms with E-state index in [1.807, 2.05) is 13.8 Å². The topological polar surface area (TPSA) is 75.4 Å². The summed E-state index contributed by atoms with van der Waals surface area (Å²) in [4.78, 5) is 14.1. The van der Waals surface area contributed by atoms with E-state index in [2.05, 4.69) is 20.6 Å². The molecule has 0 aliphatic carbocycles. The second-order valence-corrected chi connectivity index (χ2v) is 6.54. The van der Waals surface area contributed by atoms with Gasteiger partial charge in [0.2, 0.25) is 0 Å². The van der Waals surface area contributed by atoms with Crippen molar-refractivity contribution in [1.29, 1.82) is 0 Å². The molecule has 0 radical (unpaired) electrons. The molecule has 1 N–H and O–H groups in total. The maximum atomic E-state index is 13.2. The fraction of sp³-hybridized carbons (Fsp3) is 0.368. The molecule has 3 aromatic rings. The lowest BCUT2D eigenvalue weighted by molar-refractivity contribution is -0.146. The Morgan fingerprint density at radius 1 is 1.07 bits per heavy atom. The number of nitrogens with one attached hydrogen (secondary N) is 1. The Morgan fingerprint density at radius 3 is 2.24 bits per heavy atom. The molecule has 0 fully saturated rings. The van der Waals surface area contributed by atoms with Crippen LogP contribution in [-0.2, 0) is 6.18 Å². The van der Waals surface area contributed by atoms with Crippen molar-refractivity contribution in [2.45, 2.75) is 33.9 Å². The van der Waals surface area contributed by atoms with Crippen LogP contribution in [0.5, 0.6) is 0 Å². The maximum absolute atomic E-state index is 13.2. The molecule has 29 heavy (non-hydrogen) atoms. The van der Waals surface area contributed by atoms with Crippen LogP contribution in [0.3, 0.4) is 0 Å². The Bertz CT molecular complexity index is 1040. The summed E-state index contributed by atoms with van der Waals surface area (Å²) in [5.74, 6) is -1.01. The predicted molar refractivity (Wildman–Crippen MR) is 102 cm³/mol. The number of fused-ring (bicyclic) bond motifs is 1. The SMILES string of the molecule is CCN(CC)C(=O)c1ccc(Nc2nn3c(C(F)(F)F)nnc3c(C)c2C)cc1. The first-order chi connectivity index (χ1) is 13.7. The van der Waals surface area contributed by atoms with Crippen molar-refractivity contribution in [2.75, 3.05) is 18.4 Å². The zero-order valence-corrected chi connectivity index (χ0v) is 16.5. The molecule has 3 rings (SSSR count). The van der Waals surface area contributed by atoms with E-state index in [1.165, 1.54) is 0 Å². The highest BCUT2D eigenvalue weighted by Crippen LogP contribution is 2.30. The Labute approximate surface area is 165 Å². The van der Waals surface area contributed by atoms with E-state index < -0.39 is 12.0 Å². The number of halogens is 3. The number of alkyl halides is 3. The van der Waals surface area contributed by atoms with Gasteiger partial charge in [0, 0.05) is 35.5 Å². The van der Waals surface area contributed by atoms with E-state index in [0.717, 1.165) is 0 Å². The normalized spacial score (nSPS) is 11.7. The molecule has 0 unspecified atom stereocenters. The van der Waals surface area contributed by atoms with Gasteiger partial charge in [-0.1, -0.05) is 0 Å². The quantitative estimate of drug-likeness (QED) is 0.694.